The molecule has 0 aromatic carbocycles. The summed E-state index contributed by atoms with van der Waals surface area (Å²) < 4.78 is 0. The van der Waals surface area contributed by atoms with Gasteiger partial charge in [-0.15, -0.1) is 0 Å². The SMILES string of the molecule is CC(C)(C)C1CCN(C(=O)CCC2CCCNC2)C1. The van der Waals surface area contributed by atoms with E-state index in [0.717, 1.165) is 44.9 Å². The zero-order valence-corrected chi connectivity index (χ0v) is 12.9. The summed E-state index contributed by atoms with van der Waals surface area (Å²) in [7, 11) is 0. The van der Waals surface area contributed by atoms with Crippen molar-refractivity contribution < 1.29 is 4.79 Å². The Morgan fingerprint density at radius 1 is 1.32 bits per heavy atom. The van der Waals surface area contributed by atoms with Gasteiger partial charge in [0.05, 0.1) is 0 Å². The van der Waals surface area contributed by atoms with Gasteiger partial charge in [-0.2, -0.15) is 0 Å². The quantitative estimate of drug-likeness (QED) is 0.852. The zero-order chi connectivity index (χ0) is 13.9. The van der Waals surface area contributed by atoms with Crippen molar-refractivity contribution in [3.8, 4) is 0 Å². The van der Waals surface area contributed by atoms with Crippen molar-refractivity contribution >= 4 is 5.91 Å². The summed E-state index contributed by atoms with van der Waals surface area (Å²) in [5, 5.41) is 3.43. The highest BCUT2D eigenvalue weighted by Crippen LogP contribution is 2.33. The van der Waals surface area contributed by atoms with Gasteiger partial charge < -0.3 is 10.2 Å². The Labute approximate surface area is 118 Å². The van der Waals surface area contributed by atoms with E-state index in [2.05, 4.69) is 31.0 Å². The van der Waals surface area contributed by atoms with Gasteiger partial charge in [0.25, 0.3) is 0 Å². The molecule has 0 aliphatic carbocycles. The van der Waals surface area contributed by atoms with Gasteiger partial charge >= 0.3 is 0 Å². The van der Waals surface area contributed by atoms with Crippen LogP contribution in [0.2, 0.25) is 0 Å². The van der Waals surface area contributed by atoms with E-state index in [1.54, 1.807) is 0 Å². The maximum atomic E-state index is 12.3. The van der Waals surface area contributed by atoms with Crippen molar-refractivity contribution in [3.05, 3.63) is 0 Å². The predicted molar refractivity (Wildman–Crippen MR) is 79.0 cm³/mol. The van der Waals surface area contributed by atoms with E-state index in [9.17, 15) is 4.79 Å². The molecular formula is C16H30N2O. The number of carbonyl (C=O) groups is 1. The van der Waals surface area contributed by atoms with Crippen LogP contribution in [0.4, 0.5) is 0 Å². The van der Waals surface area contributed by atoms with Crippen LogP contribution in [-0.4, -0.2) is 37.0 Å². The fraction of sp³-hybridized carbons (Fsp3) is 0.938. The van der Waals surface area contributed by atoms with Gasteiger partial charge in [0.1, 0.15) is 0 Å². The van der Waals surface area contributed by atoms with Crippen LogP contribution in [0.5, 0.6) is 0 Å². The topological polar surface area (TPSA) is 32.3 Å². The molecule has 0 radical (unpaired) electrons. The third-order valence-electron chi connectivity index (χ3n) is 4.93. The van der Waals surface area contributed by atoms with E-state index in [-0.39, 0.29) is 0 Å². The molecule has 0 bridgehead atoms. The standard InChI is InChI=1S/C16H30N2O/c1-16(2,3)14-8-10-18(12-14)15(19)7-6-13-5-4-9-17-11-13/h13-14,17H,4-12H2,1-3H3. The van der Waals surface area contributed by atoms with Crippen LogP contribution in [0, 0.1) is 17.3 Å². The fourth-order valence-corrected chi connectivity index (χ4v) is 3.35. The molecule has 2 saturated heterocycles. The van der Waals surface area contributed by atoms with Crippen molar-refractivity contribution in [2.24, 2.45) is 17.3 Å². The molecule has 2 rings (SSSR count). The van der Waals surface area contributed by atoms with Crippen LogP contribution >= 0.6 is 0 Å². The maximum absolute atomic E-state index is 12.3. The lowest BCUT2D eigenvalue weighted by atomic mass is 9.80. The summed E-state index contributed by atoms with van der Waals surface area (Å²) in [6.45, 7) is 11.1. The minimum Gasteiger partial charge on any atom is -0.342 e. The number of hydrogen-bond acceptors (Lipinski definition) is 2. The summed E-state index contributed by atoms with van der Waals surface area (Å²) in [5.74, 6) is 1.78. The van der Waals surface area contributed by atoms with Crippen molar-refractivity contribution in [2.75, 3.05) is 26.2 Å². The van der Waals surface area contributed by atoms with Gasteiger partial charge in [-0.25, -0.2) is 0 Å². The van der Waals surface area contributed by atoms with Gasteiger partial charge in [0, 0.05) is 19.5 Å². The number of hydrogen-bond donors (Lipinski definition) is 1. The Balaban J connectivity index is 1.72. The Kier molecular flexibility index (Phi) is 4.88. The second-order valence-corrected chi connectivity index (χ2v) is 7.44. The highest BCUT2D eigenvalue weighted by Gasteiger charge is 2.33. The smallest absolute Gasteiger partial charge is 0.222 e. The van der Waals surface area contributed by atoms with Gasteiger partial charge in [-0.1, -0.05) is 20.8 Å². The maximum Gasteiger partial charge on any atom is 0.222 e. The van der Waals surface area contributed by atoms with Crippen LogP contribution in [0.25, 0.3) is 0 Å². The Morgan fingerprint density at radius 2 is 2.11 bits per heavy atom. The molecule has 110 valence electrons. The van der Waals surface area contributed by atoms with Gasteiger partial charge in [0.15, 0.2) is 0 Å². The summed E-state index contributed by atoms with van der Waals surface area (Å²) in [6.07, 6.45) is 5.57. The van der Waals surface area contributed by atoms with Gasteiger partial charge in [0.2, 0.25) is 5.91 Å². The molecule has 2 atom stereocenters. The molecule has 0 aromatic rings. The molecule has 1 N–H and O–H groups in total. The Bertz CT molecular complexity index is 302. The largest absolute Gasteiger partial charge is 0.342 e. The van der Waals surface area contributed by atoms with Gasteiger partial charge in [-0.05, 0) is 56.0 Å². The number of rotatable bonds is 3. The predicted octanol–water partition coefficient (Wildman–Crippen LogP) is 2.66. The number of carbonyl (C=O) groups excluding carboxylic acids is 1. The minimum atomic E-state index is 0.336. The summed E-state index contributed by atoms with van der Waals surface area (Å²) in [4.78, 5) is 14.4. The molecule has 0 spiro atoms. The Hall–Kier alpha value is -0.570. The van der Waals surface area contributed by atoms with E-state index < -0.39 is 0 Å². The number of nitrogens with zero attached hydrogens (tertiary/aromatic N) is 1. The van der Waals surface area contributed by atoms with E-state index in [4.69, 9.17) is 0 Å². The summed E-state index contributed by atoms with van der Waals surface area (Å²) in [6, 6.07) is 0. The molecule has 3 heteroatoms. The lowest BCUT2D eigenvalue weighted by Gasteiger charge is -2.27. The van der Waals surface area contributed by atoms with E-state index >= 15 is 0 Å². The molecule has 2 aliphatic heterocycles. The third-order valence-corrected chi connectivity index (χ3v) is 4.93. The average molecular weight is 266 g/mol. The first-order valence-electron chi connectivity index (χ1n) is 7.95. The molecular weight excluding hydrogens is 236 g/mol. The molecule has 2 aliphatic rings. The summed E-state index contributed by atoms with van der Waals surface area (Å²) in [5.41, 5.74) is 0.336. The first-order valence-corrected chi connectivity index (χ1v) is 7.95. The Morgan fingerprint density at radius 3 is 2.68 bits per heavy atom. The first kappa shape index (κ1) is 14.8. The van der Waals surface area contributed by atoms with Crippen molar-refractivity contribution in [1.82, 2.24) is 10.2 Å². The van der Waals surface area contributed by atoms with Crippen molar-refractivity contribution in [1.29, 1.82) is 0 Å². The third kappa shape index (κ3) is 4.20. The normalized spacial score (nSPS) is 28.7. The summed E-state index contributed by atoms with van der Waals surface area (Å²) >= 11 is 0. The fourth-order valence-electron chi connectivity index (χ4n) is 3.35. The van der Waals surface area contributed by atoms with Crippen LogP contribution in [-0.2, 0) is 4.79 Å². The van der Waals surface area contributed by atoms with Crippen LogP contribution in [0.15, 0.2) is 0 Å². The van der Waals surface area contributed by atoms with E-state index in [1.165, 1.54) is 19.3 Å². The molecule has 0 saturated carbocycles. The van der Waals surface area contributed by atoms with Gasteiger partial charge in [-0.3, -0.25) is 4.79 Å². The lowest BCUT2D eigenvalue weighted by Crippen LogP contribution is -2.33. The molecule has 2 heterocycles. The lowest BCUT2D eigenvalue weighted by molar-refractivity contribution is -0.130. The molecule has 2 fully saturated rings. The van der Waals surface area contributed by atoms with E-state index in [0.29, 0.717) is 17.2 Å². The molecule has 19 heavy (non-hydrogen) atoms. The number of piperidine rings is 1. The van der Waals surface area contributed by atoms with Crippen LogP contribution in [0.3, 0.4) is 0 Å². The second-order valence-electron chi connectivity index (χ2n) is 7.44. The molecule has 3 nitrogen and oxygen atoms in total. The zero-order valence-electron chi connectivity index (χ0n) is 12.9. The highest BCUT2D eigenvalue weighted by molar-refractivity contribution is 5.76. The monoisotopic (exact) mass is 266 g/mol. The minimum absolute atomic E-state index is 0.336. The second kappa shape index (κ2) is 6.25. The number of amides is 1. The molecule has 2 unspecified atom stereocenters. The van der Waals surface area contributed by atoms with Crippen LogP contribution in [0.1, 0.15) is 52.9 Å². The number of likely N-dealkylation sites (tertiary alicyclic amines) is 1. The van der Waals surface area contributed by atoms with Crippen LogP contribution < -0.4 is 5.32 Å². The van der Waals surface area contributed by atoms with Crippen molar-refractivity contribution in [3.63, 3.8) is 0 Å². The molecule has 0 aromatic heterocycles. The number of nitrogens with one attached hydrogen (secondary N) is 1. The highest BCUT2D eigenvalue weighted by atomic mass is 16.2. The average Bonchev–Trinajstić information content (AvgIpc) is 2.87. The van der Waals surface area contributed by atoms with Crippen molar-refractivity contribution in [2.45, 2.75) is 52.9 Å². The molecule has 1 amide bonds. The van der Waals surface area contributed by atoms with E-state index in [1.807, 2.05) is 0 Å². The first-order chi connectivity index (χ1) is 8.97.